The molecule has 0 fully saturated rings. The third-order valence-electron chi connectivity index (χ3n) is 2.03. The number of hydrogen-bond acceptors (Lipinski definition) is 3. The van der Waals surface area contributed by atoms with Crippen molar-refractivity contribution in [1.82, 2.24) is 5.32 Å². The number of nitrogens with one attached hydrogen (secondary N) is 1. The number of hydrogen-bond donors (Lipinski definition) is 2. The third kappa shape index (κ3) is 3.50. The van der Waals surface area contributed by atoms with Crippen LogP contribution in [0.2, 0.25) is 0 Å². The maximum atomic E-state index is 10.6. The predicted molar refractivity (Wildman–Crippen MR) is 64.6 cm³/mol. The molecule has 0 heterocycles. The molecule has 0 amide bonds. The number of aliphatic carboxylic acids is 1. The number of carbonyl (C=O) groups is 1. The first-order valence-electron chi connectivity index (χ1n) is 4.87. The fraction of sp³-hybridized carbons (Fsp3) is 0.364. The van der Waals surface area contributed by atoms with E-state index in [1.165, 1.54) is 6.92 Å². The van der Waals surface area contributed by atoms with Gasteiger partial charge < -0.3 is 15.2 Å². The van der Waals surface area contributed by atoms with Crippen LogP contribution >= 0.6 is 15.9 Å². The molecule has 0 saturated carbocycles. The topological polar surface area (TPSA) is 58.6 Å². The lowest BCUT2D eigenvalue weighted by Gasteiger charge is -2.12. The summed E-state index contributed by atoms with van der Waals surface area (Å²) in [5, 5.41) is 11.8. The Balaban J connectivity index is 2.78. The van der Waals surface area contributed by atoms with Crippen molar-refractivity contribution in [2.24, 2.45) is 0 Å². The first-order valence-corrected chi connectivity index (χ1v) is 5.66. The lowest BCUT2D eigenvalue weighted by atomic mass is 10.2. The van der Waals surface area contributed by atoms with Crippen molar-refractivity contribution in [1.29, 1.82) is 0 Å². The lowest BCUT2D eigenvalue weighted by molar-refractivity contribution is -0.144. The van der Waals surface area contributed by atoms with Gasteiger partial charge in [-0.2, -0.15) is 0 Å². The molecular weight excluding hydrogens is 274 g/mol. The van der Waals surface area contributed by atoms with E-state index in [1.807, 2.05) is 19.2 Å². The molecule has 0 radical (unpaired) electrons. The zero-order valence-corrected chi connectivity index (χ0v) is 10.7. The minimum Gasteiger partial charge on any atom is -0.479 e. The van der Waals surface area contributed by atoms with E-state index < -0.39 is 12.1 Å². The van der Waals surface area contributed by atoms with Gasteiger partial charge in [-0.15, -0.1) is 0 Å². The van der Waals surface area contributed by atoms with Gasteiger partial charge in [-0.25, -0.2) is 4.79 Å². The van der Waals surface area contributed by atoms with Gasteiger partial charge in [-0.05, 0) is 47.6 Å². The van der Waals surface area contributed by atoms with Crippen LogP contribution in [0.5, 0.6) is 5.75 Å². The van der Waals surface area contributed by atoms with E-state index in [2.05, 4.69) is 21.2 Å². The lowest BCUT2D eigenvalue weighted by Crippen LogP contribution is -2.23. The third-order valence-corrected chi connectivity index (χ3v) is 2.65. The Morgan fingerprint density at radius 2 is 2.31 bits per heavy atom. The number of halogens is 1. The summed E-state index contributed by atoms with van der Waals surface area (Å²) < 4.78 is 6.03. The van der Waals surface area contributed by atoms with Gasteiger partial charge >= 0.3 is 5.97 Å². The van der Waals surface area contributed by atoms with Crippen molar-refractivity contribution in [3.05, 3.63) is 28.2 Å². The van der Waals surface area contributed by atoms with Crippen LogP contribution < -0.4 is 10.1 Å². The SMILES string of the molecule is CNCc1ccc(OC(C)C(=O)O)c(Br)c1. The van der Waals surface area contributed by atoms with Crippen LogP contribution in [0.3, 0.4) is 0 Å². The molecule has 88 valence electrons. The molecule has 4 nitrogen and oxygen atoms in total. The number of carboxylic acid groups (broad SMARTS) is 1. The second-order valence-corrected chi connectivity index (χ2v) is 4.25. The Bertz CT molecular complexity index is 381. The van der Waals surface area contributed by atoms with Gasteiger partial charge in [-0.3, -0.25) is 0 Å². The maximum absolute atomic E-state index is 10.6. The standard InChI is InChI=1S/C11H14BrNO3/c1-7(11(14)15)16-10-4-3-8(6-13-2)5-9(10)12/h3-5,7,13H,6H2,1-2H3,(H,14,15). The van der Waals surface area contributed by atoms with Crippen LogP contribution in [-0.2, 0) is 11.3 Å². The van der Waals surface area contributed by atoms with Crippen molar-refractivity contribution >= 4 is 21.9 Å². The highest BCUT2D eigenvalue weighted by molar-refractivity contribution is 9.10. The van der Waals surface area contributed by atoms with Crippen molar-refractivity contribution in [3.63, 3.8) is 0 Å². The molecule has 0 spiro atoms. The molecule has 0 aliphatic rings. The predicted octanol–water partition coefficient (Wildman–Crippen LogP) is 2.02. The van der Waals surface area contributed by atoms with Gasteiger partial charge in [0.05, 0.1) is 4.47 Å². The molecule has 1 aromatic rings. The van der Waals surface area contributed by atoms with Gasteiger partial charge in [0.1, 0.15) is 5.75 Å². The summed E-state index contributed by atoms with van der Waals surface area (Å²) in [5.74, 6) is -0.444. The van der Waals surface area contributed by atoms with Crippen LogP contribution in [0.4, 0.5) is 0 Å². The molecular formula is C11H14BrNO3. The zero-order valence-electron chi connectivity index (χ0n) is 9.16. The normalized spacial score (nSPS) is 12.2. The molecule has 0 aromatic heterocycles. The van der Waals surface area contributed by atoms with E-state index in [4.69, 9.17) is 9.84 Å². The molecule has 5 heteroatoms. The van der Waals surface area contributed by atoms with Crippen LogP contribution in [-0.4, -0.2) is 24.2 Å². The van der Waals surface area contributed by atoms with E-state index in [0.29, 0.717) is 5.75 Å². The van der Waals surface area contributed by atoms with Crippen LogP contribution in [0.25, 0.3) is 0 Å². The summed E-state index contributed by atoms with van der Waals surface area (Å²) >= 11 is 3.35. The first-order chi connectivity index (χ1) is 7.54. The molecule has 0 aliphatic heterocycles. The molecule has 1 unspecified atom stereocenters. The second kappa shape index (κ2) is 5.86. The largest absolute Gasteiger partial charge is 0.479 e. The number of rotatable bonds is 5. The van der Waals surface area contributed by atoms with Crippen molar-refractivity contribution < 1.29 is 14.6 Å². The Kier molecular flexibility index (Phi) is 4.76. The Morgan fingerprint density at radius 3 is 2.81 bits per heavy atom. The Morgan fingerprint density at radius 1 is 1.62 bits per heavy atom. The van der Waals surface area contributed by atoms with E-state index in [1.54, 1.807) is 6.07 Å². The van der Waals surface area contributed by atoms with Gasteiger partial charge in [0.2, 0.25) is 0 Å². The van der Waals surface area contributed by atoms with Crippen LogP contribution in [0, 0.1) is 0 Å². The summed E-state index contributed by atoms with van der Waals surface area (Å²) in [7, 11) is 1.87. The van der Waals surface area contributed by atoms with Crippen molar-refractivity contribution in [2.45, 2.75) is 19.6 Å². The molecule has 2 N–H and O–H groups in total. The number of benzene rings is 1. The average Bonchev–Trinajstić information content (AvgIpc) is 2.22. The maximum Gasteiger partial charge on any atom is 0.344 e. The fourth-order valence-electron chi connectivity index (χ4n) is 1.19. The van der Waals surface area contributed by atoms with Gasteiger partial charge in [0.15, 0.2) is 6.10 Å². The summed E-state index contributed by atoms with van der Waals surface area (Å²) in [6.45, 7) is 2.25. The molecule has 16 heavy (non-hydrogen) atoms. The molecule has 1 aromatic carbocycles. The quantitative estimate of drug-likeness (QED) is 0.870. The highest BCUT2D eigenvalue weighted by Gasteiger charge is 2.14. The van der Waals surface area contributed by atoms with Gasteiger partial charge in [0.25, 0.3) is 0 Å². The fourth-order valence-corrected chi connectivity index (χ4v) is 1.71. The van der Waals surface area contributed by atoms with Gasteiger partial charge in [0, 0.05) is 6.54 Å². The Labute approximate surface area is 103 Å². The summed E-state index contributed by atoms with van der Waals surface area (Å²) in [6, 6.07) is 5.56. The highest BCUT2D eigenvalue weighted by atomic mass is 79.9. The highest BCUT2D eigenvalue weighted by Crippen LogP contribution is 2.26. The minimum absolute atomic E-state index is 0.537. The number of carboxylic acids is 1. The Hall–Kier alpha value is -1.07. The second-order valence-electron chi connectivity index (χ2n) is 3.39. The van der Waals surface area contributed by atoms with Gasteiger partial charge in [-0.1, -0.05) is 6.07 Å². The monoisotopic (exact) mass is 287 g/mol. The molecule has 0 aliphatic carbocycles. The molecule has 0 saturated heterocycles. The summed E-state index contributed by atoms with van der Waals surface area (Å²) in [6.07, 6.45) is -0.855. The van der Waals surface area contributed by atoms with Crippen LogP contribution in [0.15, 0.2) is 22.7 Å². The van der Waals surface area contributed by atoms with Crippen LogP contribution in [0.1, 0.15) is 12.5 Å². The summed E-state index contributed by atoms with van der Waals surface area (Å²) in [4.78, 5) is 10.6. The zero-order chi connectivity index (χ0) is 12.1. The minimum atomic E-state index is -0.980. The molecule has 0 bridgehead atoms. The molecule has 1 atom stereocenters. The van der Waals surface area contributed by atoms with Crippen molar-refractivity contribution in [2.75, 3.05) is 7.05 Å². The first kappa shape index (κ1) is 13.0. The number of ether oxygens (including phenoxy) is 1. The van der Waals surface area contributed by atoms with E-state index >= 15 is 0 Å². The van der Waals surface area contributed by atoms with E-state index in [-0.39, 0.29) is 0 Å². The van der Waals surface area contributed by atoms with E-state index in [0.717, 1.165) is 16.6 Å². The smallest absolute Gasteiger partial charge is 0.344 e. The van der Waals surface area contributed by atoms with Crippen molar-refractivity contribution in [3.8, 4) is 5.75 Å². The average molecular weight is 288 g/mol. The molecule has 1 rings (SSSR count). The summed E-state index contributed by atoms with van der Waals surface area (Å²) in [5.41, 5.74) is 1.10. The van der Waals surface area contributed by atoms with E-state index in [9.17, 15) is 4.79 Å².